The zero-order valence-electron chi connectivity index (χ0n) is 7.57. The topological polar surface area (TPSA) is 30.0 Å². The third-order valence-electron chi connectivity index (χ3n) is 2.36. The van der Waals surface area contributed by atoms with Crippen molar-refractivity contribution in [3.05, 3.63) is 30.1 Å². The van der Waals surface area contributed by atoms with Crippen LogP contribution < -0.4 is 0 Å². The summed E-state index contributed by atoms with van der Waals surface area (Å²) in [5.41, 5.74) is 1.08. The first-order chi connectivity index (χ1) is 6.34. The first-order valence-corrected chi connectivity index (χ1v) is 4.75. The largest absolute Gasteiger partial charge is 0.299 e. The fraction of sp³-hybridized carbons (Fsp3) is 0.455. The van der Waals surface area contributed by atoms with E-state index in [9.17, 15) is 4.79 Å². The van der Waals surface area contributed by atoms with Crippen molar-refractivity contribution in [3.8, 4) is 0 Å². The van der Waals surface area contributed by atoms with Crippen molar-refractivity contribution in [2.45, 2.75) is 25.7 Å². The normalized spacial score (nSPS) is 15.7. The van der Waals surface area contributed by atoms with Gasteiger partial charge in [0.2, 0.25) is 0 Å². The van der Waals surface area contributed by atoms with Crippen LogP contribution in [0.15, 0.2) is 24.5 Å². The van der Waals surface area contributed by atoms with Crippen LogP contribution in [0.5, 0.6) is 0 Å². The summed E-state index contributed by atoms with van der Waals surface area (Å²) in [4.78, 5) is 15.4. The highest BCUT2D eigenvalue weighted by Crippen LogP contribution is 2.32. The first-order valence-electron chi connectivity index (χ1n) is 4.75. The Morgan fingerprint density at radius 2 is 2.08 bits per heavy atom. The molecular formula is C11H13NO. The molecule has 2 rings (SSSR count). The summed E-state index contributed by atoms with van der Waals surface area (Å²) in [6, 6.07) is 3.82. The Bertz CT molecular complexity index is 290. The third-order valence-corrected chi connectivity index (χ3v) is 2.36. The number of hydrogen-bond acceptors (Lipinski definition) is 2. The summed E-state index contributed by atoms with van der Waals surface area (Å²) in [7, 11) is 0. The van der Waals surface area contributed by atoms with E-state index in [1.807, 2.05) is 12.1 Å². The molecule has 1 aromatic rings. The summed E-state index contributed by atoms with van der Waals surface area (Å²) in [6.07, 6.45) is 7.34. The lowest BCUT2D eigenvalue weighted by Crippen LogP contribution is -2.03. The molecule has 2 nitrogen and oxygen atoms in total. The smallest absolute Gasteiger partial charge is 0.137 e. The molecule has 13 heavy (non-hydrogen) atoms. The zero-order chi connectivity index (χ0) is 9.10. The number of carbonyl (C=O) groups excluding carboxylic acids is 1. The van der Waals surface area contributed by atoms with Gasteiger partial charge in [0.15, 0.2) is 0 Å². The number of carbonyl (C=O) groups is 1. The molecule has 0 N–H and O–H groups in total. The van der Waals surface area contributed by atoms with Crippen LogP contribution in [-0.4, -0.2) is 10.8 Å². The highest BCUT2D eigenvalue weighted by Gasteiger charge is 2.23. The van der Waals surface area contributed by atoms with Crippen molar-refractivity contribution in [2.75, 3.05) is 0 Å². The molecule has 0 amide bonds. The number of aromatic nitrogens is 1. The molecule has 1 fully saturated rings. The van der Waals surface area contributed by atoms with E-state index in [0.29, 0.717) is 18.1 Å². The second-order valence-corrected chi connectivity index (χ2v) is 3.72. The average molecular weight is 175 g/mol. The molecule has 2 heteroatoms. The van der Waals surface area contributed by atoms with Gasteiger partial charge in [0.05, 0.1) is 0 Å². The maximum absolute atomic E-state index is 11.4. The summed E-state index contributed by atoms with van der Waals surface area (Å²) in [6.45, 7) is 0. The summed E-state index contributed by atoms with van der Waals surface area (Å²) >= 11 is 0. The van der Waals surface area contributed by atoms with Gasteiger partial charge in [0.25, 0.3) is 0 Å². The standard InChI is InChI=1S/C11H13NO/c13-11(7-9-1-2-9)8-10-3-5-12-6-4-10/h3-6,9H,1-2,7-8H2. The van der Waals surface area contributed by atoms with E-state index in [2.05, 4.69) is 4.98 Å². The van der Waals surface area contributed by atoms with Gasteiger partial charge in [0.1, 0.15) is 5.78 Å². The summed E-state index contributed by atoms with van der Waals surface area (Å²) in [5, 5.41) is 0. The number of hydrogen-bond donors (Lipinski definition) is 0. The molecule has 1 aromatic heterocycles. The van der Waals surface area contributed by atoms with Gasteiger partial charge in [-0.15, -0.1) is 0 Å². The van der Waals surface area contributed by atoms with E-state index in [1.54, 1.807) is 12.4 Å². The van der Waals surface area contributed by atoms with Gasteiger partial charge < -0.3 is 0 Å². The number of Topliss-reactive ketones (excluding diaryl/α,β-unsaturated/α-hetero) is 1. The van der Waals surface area contributed by atoms with Crippen LogP contribution >= 0.6 is 0 Å². The van der Waals surface area contributed by atoms with E-state index in [1.165, 1.54) is 12.8 Å². The molecule has 1 saturated carbocycles. The third kappa shape index (κ3) is 2.65. The summed E-state index contributed by atoms with van der Waals surface area (Å²) in [5.74, 6) is 1.07. The van der Waals surface area contributed by atoms with Gasteiger partial charge >= 0.3 is 0 Å². The minimum absolute atomic E-state index is 0.369. The molecule has 0 saturated heterocycles. The minimum Gasteiger partial charge on any atom is -0.299 e. The lowest BCUT2D eigenvalue weighted by atomic mass is 10.1. The highest BCUT2D eigenvalue weighted by molar-refractivity contribution is 5.81. The van der Waals surface area contributed by atoms with Gasteiger partial charge in [-0.25, -0.2) is 0 Å². The second-order valence-electron chi connectivity index (χ2n) is 3.72. The van der Waals surface area contributed by atoms with Crippen molar-refractivity contribution < 1.29 is 4.79 Å². The molecule has 0 bridgehead atoms. The van der Waals surface area contributed by atoms with Crippen molar-refractivity contribution in [2.24, 2.45) is 5.92 Å². The fourth-order valence-corrected chi connectivity index (χ4v) is 1.44. The highest BCUT2D eigenvalue weighted by atomic mass is 16.1. The molecule has 1 aliphatic rings. The van der Waals surface area contributed by atoms with Crippen LogP contribution in [0.25, 0.3) is 0 Å². The van der Waals surface area contributed by atoms with Gasteiger partial charge in [-0.05, 0) is 36.5 Å². The van der Waals surface area contributed by atoms with Crippen molar-refractivity contribution in [1.82, 2.24) is 4.98 Å². The Morgan fingerprint density at radius 3 is 2.69 bits per heavy atom. The Morgan fingerprint density at radius 1 is 1.38 bits per heavy atom. The Balaban J connectivity index is 1.86. The molecule has 1 heterocycles. The number of ketones is 1. The van der Waals surface area contributed by atoms with Crippen LogP contribution in [0, 0.1) is 5.92 Å². The molecular weight excluding hydrogens is 162 g/mol. The maximum atomic E-state index is 11.4. The Hall–Kier alpha value is -1.18. The zero-order valence-corrected chi connectivity index (χ0v) is 7.57. The van der Waals surface area contributed by atoms with Crippen molar-refractivity contribution in [1.29, 1.82) is 0 Å². The molecule has 0 atom stereocenters. The Labute approximate surface area is 78.0 Å². The predicted molar refractivity (Wildman–Crippen MR) is 50.3 cm³/mol. The fourth-order valence-electron chi connectivity index (χ4n) is 1.44. The molecule has 0 spiro atoms. The van der Waals surface area contributed by atoms with Crippen LogP contribution in [-0.2, 0) is 11.2 Å². The number of rotatable bonds is 4. The molecule has 68 valence electrons. The molecule has 1 aliphatic carbocycles. The summed E-state index contributed by atoms with van der Waals surface area (Å²) < 4.78 is 0. The van der Waals surface area contributed by atoms with Crippen LogP contribution in [0.4, 0.5) is 0 Å². The first kappa shape index (κ1) is 8.42. The van der Waals surface area contributed by atoms with Gasteiger partial charge in [-0.1, -0.05) is 0 Å². The second kappa shape index (κ2) is 3.69. The van der Waals surface area contributed by atoms with Crippen LogP contribution in [0.1, 0.15) is 24.8 Å². The van der Waals surface area contributed by atoms with Crippen molar-refractivity contribution in [3.63, 3.8) is 0 Å². The predicted octanol–water partition coefficient (Wildman–Crippen LogP) is 1.99. The number of pyridine rings is 1. The average Bonchev–Trinajstić information content (AvgIpc) is 2.90. The minimum atomic E-state index is 0.369. The molecule has 0 radical (unpaired) electrons. The quantitative estimate of drug-likeness (QED) is 0.700. The van der Waals surface area contributed by atoms with Crippen LogP contribution in [0.2, 0.25) is 0 Å². The van der Waals surface area contributed by atoms with E-state index in [4.69, 9.17) is 0 Å². The van der Waals surface area contributed by atoms with E-state index < -0.39 is 0 Å². The lowest BCUT2D eigenvalue weighted by Gasteiger charge is -1.98. The van der Waals surface area contributed by atoms with Gasteiger partial charge in [0, 0.05) is 25.2 Å². The molecule has 0 aliphatic heterocycles. The molecule has 0 aromatic carbocycles. The SMILES string of the molecule is O=C(Cc1ccncc1)CC1CC1. The van der Waals surface area contributed by atoms with E-state index in [0.717, 1.165) is 12.0 Å². The maximum Gasteiger partial charge on any atom is 0.137 e. The van der Waals surface area contributed by atoms with E-state index in [-0.39, 0.29) is 0 Å². The Kier molecular flexibility index (Phi) is 2.39. The van der Waals surface area contributed by atoms with E-state index >= 15 is 0 Å². The van der Waals surface area contributed by atoms with Gasteiger partial charge in [-0.3, -0.25) is 9.78 Å². The molecule has 0 unspecified atom stereocenters. The lowest BCUT2D eigenvalue weighted by molar-refractivity contribution is -0.118. The van der Waals surface area contributed by atoms with Crippen molar-refractivity contribution >= 4 is 5.78 Å². The monoisotopic (exact) mass is 175 g/mol. The number of nitrogens with zero attached hydrogens (tertiary/aromatic N) is 1. The van der Waals surface area contributed by atoms with Gasteiger partial charge in [-0.2, -0.15) is 0 Å². The van der Waals surface area contributed by atoms with Crippen LogP contribution in [0.3, 0.4) is 0 Å².